The predicted molar refractivity (Wildman–Crippen MR) is 83.1 cm³/mol. The van der Waals surface area contributed by atoms with Gasteiger partial charge in [0.05, 0.1) is 6.54 Å². The van der Waals surface area contributed by atoms with Gasteiger partial charge in [0, 0.05) is 17.1 Å². The number of benzene rings is 1. The summed E-state index contributed by atoms with van der Waals surface area (Å²) in [6.07, 6.45) is 1.03. The summed E-state index contributed by atoms with van der Waals surface area (Å²) >= 11 is 1.67. The zero-order valence-corrected chi connectivity index (χ0v) is 12.3. The van der Waals surface area contributed by atoms with E-state index >= 15 is 0 Å². The number of nitrogens with one attached hydrogen (secondary N) is 1. The predicted octanol–water partition coefficient (Wildman–Crippen LogP) is 2.82. The number of hydrogen-bond donors (Lipinski definition) is 1. The first-order chi connectivity index (χ1) is 9.75. The average Bonchev–Trinajstić information content (AvgIpc) is 3.13. The maximum atomic E-state index is 12.3. The Kier molecular flexibility index (Phi) is 3.74. The molecule has 1 atom stereocenters. The van der Waals surface area contributed by atoms with Crippen LogP contribution in [-0.2, 0) is 17.8 Å². The van der Waals surface area contributed by atoms with Crippen molar-refractivity contribution in [3.05, 3.63) is 52.2 Å². The number of anilines is 1. The summed E-state index contributed by atoms with van der Waals surface area (Å²) in [5.41, 5.74) is 2.54. The normalized spacial score (nSPS) is 14.9. The molecule has 1 aliphatic rings. The zero-order chi connectivity index (χ0) is 13.9. The molecule has 1 aliphatic heterocycles. The van der Waals surface area contributed by atoms with Gasteiger partial charge in [0.15, 0.2) is 0 Å². The summed E-state index contributed by atoms with van der Waals surface area (Å²) in [4.78, 5) is 15.7. The molecule has 0 aliphatic carbocycles. The highest BCUT2D eigenvalue weighted by atomic mass is 32.1. The molecule has 2 aromatic rings. The molecule has 1 N–H and O–H groups in total. The fourth-order valence-corrected chi connectivity index (χ4v) is 3.29. The molecule has 3 nitrogen and oxygen atoms in total. The van der Waals surface area contributed by atoms with Crippen LogP contribution in [0.1, 0.15) is 17.4 Å². The summed E-state index contributed by atoms with van der Waals surface area (Å²) in [7, 11) is 0. The van der Waals surface area contributed by atoms with Crippen LogP contribution in [-0.4, -0.2) is 18.5 Å². The molecule has 1 aromatic carbocycles. The molecule has 4 heteroatoms. The molecule has 0 bridgehead atoms. The minimum absolute atomic E-state index is 0.0927. The van der Waals surface area contributed by atoms with Gasteiger partial charge in [-0.05, 0) is 36.4 Å². The Labute approximate surface area is 123 Å². The third-order valence-corrected chi connectivity index (χ3v) is 4.66. The van der Waals surface area contributed by atoms with E-state index in [-0.39, 0.29) is 11.9 Å². The van der Waals surface area contributed by atoms with Crippen molar-refractivity contribution in [3.8, 4) is 0 Å². The molecule has 0 fully saturated rings. The molecule has 1 unspecified atom stereocenters. The second kappa shape index (κ2) is 5.67. The fraction of sp³-hybridized carbons (Fsp3) is 0.312. The standard InChI is InChI=1S/C16H18N2OS/c1-12(16(19)17-11-14-6-4-10-20-14)18-9-8-13-5-2-3-7-15(13)18/h2-7,10,12H,8-9,11H2,1H3,(H,17,19). The van der Waals surface area contributed by atoms with Crippen molar-refractivity contribution in [2.75, 3.05) is 11.4 Å². The van der Waals surface area contributed by atoms with E-state index in [1.807, 2.05) is 30.5 Å². The van der Waals surface area contributed by atoms with Crippen molar-refractivity contribution in [1.82, 2.24) is 5.32 Å². The van der Waals surface area contributed by atoms with E-state index in [1.54, 1.807) is 11.3 Å². The molecule has 104 valence electrons. The molecule has 1 aromatic heterocycles. The maximum Gasteiger partial charge on any atom is 0.242 e. The van der Waals surface area contributed by atoms with E-state index in [1.165, 1.54) is 16.1 Å². The van der Waals surface area contributed by atoms with Crippen molar-refractivity contribution >= 4 is 22.9 Å². The van der Waals surface area contributed by atoms with Gasteiger partial charge in [-0.3, -0.25) is 4.79 Å². The highest BCUT2D eigenvalue weighted by Crippen LogP contribution is 2.29. The lowest BCUT2D eigenvalue weighted by molar-refractivity contribution is -0.122. The van der Waals surface area contributed by atoms with Crippen LogP contribution in [0.5, 0.6) is 0 Å². The van der Waals surface area contributed by atoms with E-state index in [0.717, 1.165) is 13.0 Å². The summed E-state index contributed by atoms with van der Waals surface area (Å²) in [6, 6.07) is 12.3. The highest BCUT2D eigenvalue weighted by Gasteiger charge is 2.27. The number of amides is 1. The average molecular weight is 286 g/mol. The first-order valence-electron chi connectivity index (χ1n) is 6.90. The Bertz CT molecular complexity index is 594. The summed E-state index contributed by atoms with van der Waals surface area (Å²) in [6.45, 7) is 3.52. The molecule has 0 radical (unpaired) electrons. The van der Waals surface area contributed by atoms with Crippen LogP contribution < -0.4 is 10.2 Å². The molecule has 3 rings (SSSR count). The first-order valence-corrected chi connectivity index (χ1v) is 7.78. The second-order valence-corrected chi connectivity index (χ2v) is 6.08. The highest BCUT2D eigenvalue weighted by molar-refractivity contribution is 7.09. The number of hydrogen-bond acceptors (Lipinski definition) is 3. The van der Waals surface area contributed by atoms with E-state index in [2.05, 4.69) is 28.4 Å². The summed E-state index contributed by atoms with van der Waals surface area (Å²) < 4.78 is 0. The smallest absolute Gasteiger partial charge is 0.242 e. The number of carbonyl (C=O) groups excluding carboxylic acids is 1. The Morgan fingerprint density at radius 2 is 2.20 bits per heavy atom. The van der Waals surface area contributed by atoms with Crippen molar-refractivity contribution < 1.29 is 4.79 Å². The van der Waals surface area contributed by atoms with E-state index in [9.17, 15) is 4.79 Å². The molecule has 0 saturated heterocycles. The van der Waals surface area contributed by atoms with Gasteiger partial charge in [-0.1, -0.05) is 24.3 Å². The number of thiophene rings is 1. The largest absolute Gasteiger partial charge is 0.359 e. The molecular formula is C16H18N2OS. The van der Waals surface area contributed by atoms with Gasteiger partial charge in [0.25, 0.3) is 0 Å². The first kappa shape index (κ1) is 13.2. The van der Waals surface area contributed by atoms with Gasteiger partial charge in [0.1, 0.15) is 6.04 Å². The van der Waals surface area contributed by atoms with Crippen LogP contribution in [0, 0.1) is 0 Å². The molecule has 0 spiro atoms. The van der Waals surface area contributed by atoms with Gasteiger partial charge < -0.3 is 10.2 Å². The minimum Gasteiger partial charge on any atom is -0.359 e. The molecular weight excluding hydrogens is 268 g/mol. The van der Waals surface area contributed by atoms with Crippen molar-refractivity contribution in [3.63, 3.8) is 0 Å². The quantitative estimate of drug-likeness (QED) is 0.937. The molecule has 0 saturated carbocycles. The van der Waals surface area contributed by atoms with E-state index < -0.39 is 0 Å². The van der Waals surface area contributed by atoms with Crippen LogP contribution in [0.25, 0.3) is 0 Å². The third-order valence-electron chi connectivity index (χ3n) is 3.79. The lowest BCUT2D eigenvalue weighted by atomic mass is 10.1. The Hall–Kier alpha value is -1.81. The Morgan fingerprint density at radius 1 is 1.35 bits per heavy atom. The van der Waals surface area contributed by atoms with E-state index in [4.69, 9.17) is 0 Å². The van der Waals surface area contributed by atoms with Gasteiger partial charge in [-0.15, -0.1) is 11.3 Å². The van der Waals surface area contributed by atoms with Gasteiger partial charge in [0.2, 0.25) is 5.91 Å². The van der Waals surface area contributed by atoms with Crippen molar-refractivity contribution in [2.45, 2.75) is 25.9 Å². The SMILES string of the molecule is CC(C(=O)NCc1cccs1)N1CCc2ccccc21. The zero-order valence-electron chi connectivity index (χ0n) is 11.5. The van der Waals surface area contributed by atoms with Gasteiger partial charge in [-0.2, -0.15) is 0 Å². The minimum atomic E-state index is -0.126. The number of carbonyl (C=O) groups is 1. The number of nitrogens with zero attached hydrogens (tertiary/aromatic N) is 1. The van der Waals surface area contributed by atoms with Gasteiger partial charge in [-0.25, -0.2) is 0 Å². The Balaban J connectivity index is 1.64. The van der Waals surface area contributed by atoms with Crippen LogP contribution in [0.15, 0.2) is 41.8 Å². The second-order valence-electron chi connectivity index (χ2n) is 5.05. The summed E-state index contributed by atoms with van der Waals surface area (Å²) in [5, 5.41) is 5.05. The molecule has 1 amide bonds. The maximum absolute atomic E-state index is 12.3. The summed E-state index contributed by atoms with van der Waals surface area (Å²) in [5.74, 6) is 0.0927. The Morgan fingerprint density at radius 3 is 3.00 bits per heavy atom. The van der Waals surface area contributed by atoms with Gasteiger partial charge >= 0.3 is 0 Å². The fourth-order valence-electron chi connectivity index (χ4n) is 2.64. The van der Waals surface area contributed by atoms with Crippen LogP contribution in [0.3, 0.4) is 0 Å². The lowest BCUT2D eigenvalue weighted by Crippen LogP contribution is -2.44. The monoisotopic (exact) mass is 286 g/mol. The topological polar surface area (TPSA) is 32.3 Å². The molecule has 2 heterocycles. The van der Waals surface area contributed by atoms with Crippen LogP contribution in [0.4, 0.5) is 5.69 Å². The van der Waals surface area contributed by atoms with Crippen molar-refractivity contribution in [2.24, 2.45) is 0 Å². The lowest BCUT2D eigenvalue weighted by Gasteiger charge is -2.26. The number of fused-ring (bicyclic) bond motifs is 1. The van der Waals surface area contributed by atoms with Crippen molar-refractivity contribution in [1.29, 1.82) is 0 Å². The van der Waals surface area contributed by atoms with E-state index in [0.29, 0.717) is 6.54 Å². The van der Waals surface area contributed by atoms with Crippen LogP contribution >= 0.6 is 11.3 Å². The van der Waals surface area contributed by atoms with Crippen LogP contribution in [0.2, 0.25) is 0 Å². The number of rotatable bonds is 4. The number of para-hydroxylation sites is 1. The third kappa shape index (κ3) is 2.56. The molecule has 20 heavy (non-hydrogen) atoms.